The lowest BCUT2D eigenvalue weighted by atomic mass is 9.90. The molecular formula is C13H19NO2. The fraction of sp³-hybridized carbons (Fsp3) is 0.538. The molecular weight excluding hydrogens is 202 g/mol. The molecule has 88 valence electrons. The molecule has 1 aliphatic rings. The van der Waals surface area contributed by atoms with E-state index in [0.29, 0.717) is 11.7 Å². The second kappa shape index (κ2) is 3.67. The van der Waals surface area contributed by atoms with E-state index in [1.165, 1.54) is 0 Å². The fourth-order valence-electron chi connectivity index (χ4n) is 2.14. The zero-order valence-electron chi connectivity index (χ0n) is 10.1. The summed E-state index contributed by atoms with van der Waals surface area (Å²) < 4.78 is 5.14. The SMILES string of the molecule is COc1ccc(C(C)C)c(C2(N)CC2)c1O. The average Bonchev–Trinajstić information content (AvgIpc) is 2.96. The first-order valence-electron chi connectivity index (χ1n) is 5.69. The van der Waals surface area contributed by atoms with Crippen LogP contribution >= 0.6 is 0 Å². The smallest absolute Gasteiger partial charge is 0.163 e. The van der Waals surface area contributed by atoms with Crippen LogP contribution in [0.25, 0.3) is 0 Å². The minimum absolute atomic E-state index is 0.216. The number of aromatic hydroxyl groups is 1. The highest BCUT2D eigenvalue weighted by Crippen LogP contribution is 2.51. The number of benzene rings is 1. The Balaban J connectivity index is 2.60. The molecule has 3 nitrogen and oxygen atoms in total. The number of phenolic OH excluding ortho intramolecular Hbond substituents is 1. The van der Waals surface area contributed by atoms with E-state index < -0.39 is 0 Å². The number of methoxy groups -OCH3 is 1. The summed E-state index contributed by atoms with van der Waals surface area (Å²) in [4.78, 5) is 0. The van der Waals surface area contributed by atoms with Crippen LogP contribution in [0.1, 0.15) is 43.7 Å². The normalized spacial score (nSPS) is 17.6. The first-order valence-corrected chi connectivity index (χ1v) is 5.69. The van der Waals surface area contributed by atoms with Crippen LogP contribution in [0.3, 0.4) is 0 Å². The van der Waals surface area contributed by atoms with E-state index in [2.05, 4.69) is 13.8 Å². The van der Waals surface area contributed by atoms with E-state index in [1.54, 1.807) is 13.2 Å². The summed E-state index contributed by atoms with van der Waals surface area (Å²) in [5.41, 5.74) is 7.88. The minimum Gasteiger partial charge on any atom is -0.504 e. The van der Waals surface area contributed by atoms with E-state index in [0.717, 1.165) is 24.0 Å². The van der Waals surface area contributed by atoms with Gasteiger partial charge in [-0.1, -0.05) is 19.9 Å². The van der Waals surface area contributed by atoms with Gasteiger partial charge in [-0.15, -0.1) is 0 Å². The highest BCUT2D eigenvalue weighted by molar-refractivity contribution is 5.55. The predicted octanol–water partition coefficient (Wildman–Crippen LogP) is 2.47. The quantitative estimate of drug-likeness (QED) is 0.824. The zero-order valence-corrected chi connectivity index (χ0v) is 10.1. The van der Waals surface area contributed by atoms with E-state index in [1.807, 2.05) is 6.07 Å². The van der Waals surface area contributed by atoms with Gasteiger partial charge in [0.05, 0.1) is 7.11 Å². The molecule has 1 fully saturated rings. The van der Waals surface area contributed by atoms with Gasteiger partial charge in [-0.2, -0.15) is 0 Å². The van der Waals surface area contributed by atoms with Gasteiger partial charge >= 0.3 is 0 Å². The molecule has 1 saturated carbocycles. The van der Waals surface area contributed by atoms with Crippen LogP contribution in [-0.2, 0) is 5.54 Å². The van der Waals surface area contributed by atoms with E-state index in [9.17, 15) is 5.11 Å². The minimum atomic E-state index is -0.335. The van der Waals surface area contributed by atoms with Crippen molar-refractivity contribution < 1.29 is 9.84 Å². The van der Waals surface area contributed by atoms with Gasteiger partial charge in [-0.25, -0.2) is 0 Å². The highest BCUT2D eigenvalue weighted by atomic mass is 16.5. The molecule has 0 unspecified atom stereocenters. The second-order valence-corrected chi connectivity index (χ2v) is 4.89. The molecule has 0 spiro atoms. The van der Waals surface area contributed by atoms with Gasteiger partial charge in [0, 0.05) is 11.1 Å². The molecule has 3 N–H and O–H groups in total. The molecule has 0 bridgehead atoms. The molecule has 1 aromatic rings. The monoisotopic (exact) mass is 221 g/mol. The highest BCUT2D eigenvalue weighted by Gasteiger charge is 2.44. The summed E-state index contributed by atoms with van der Waals surface area (Å²) in [5.74, 6) is 1.08. The summed E-state index contributed by atoms with van der Waals surface area (Å²) in [6.45, 7) is 4.22. The molecule has 0 saturated heterocycles. The topological polar surface area (TPSA) is 55.5 Å². The largest absolute Gasteiger partial charge is 0.504 e. The standard InChI is InChI=1S/C13H19NO2/c1-8(2)9-4-5-10(16-3)12(15)11(9)13(14)6-7-13/h4-5,8,15H,6-7,14H2,1-3H3. The average molecular weight is 221 g/mol. The lowest BCUT2D eigenvalue weighted by Crippen LogP contribution is -2.21. The molecule has 1 aromatic carbocycles. The first kappa shape index (κ1) is 11.3. The molecule has 16 heavy (non-hydrogen) atoms. The number of hydrogen-bond donors (Lipinski definition) is 2. The van der Waals surface area contributed by atoms with Gasteiger partial charge in [-0.05, 0) is 30.4 Å². The summed E-state index contributed by atoms with van der Waals surface area (Å²) in [6, 6.07) is 3.81. The van der Waals surface area contributed by atoms with Gasteiger partial charge in [0.15, 0.2) is 11.5 Å². The third-order valence-electron chi connectivity index (χ3n) is 3.30. The van der Waals surface area contributed by atoms with Crippen LogP contribution in [0.15, 0.2) is 12.1 Å². The van der Waals surface area contributed by atoms with Crippen molar-refractivity contribution in [3.63, 3.8) is 0 Å². The van der Waals surface area contributed by atoms with Crippen molar-refractivity contribution in [1.29, 1.82) is 0 Å². The summed E-state index contributed by atoms with van der Waals surface area (Å²) >= 11 is 0. The Morgan fingerprint density at radius 3 is 2.44 bits per heavy atom. The van der Waals surface area contributed by atoms with Crippen LogP contribution in [0.2, 0.25) is 0 Å². The van der Waals surface area contributed by atoms with Gasteiger partial charge in [0.2, 0.25) is 0 Å². The molecule has 0 heterocycles. The van der Waals surface area contributed by atoms with Crippen LogP contribution in [0, 0.1) is 0 Å². The maximum absolute atomic E-state index is 10.2. The molecule has 0 aliphatic heterocycles. The van der Waals surface area contributed by atoms with Gasteiger partial charge in [0.25, 0.3) is 0 Å². The van der Waals surface area contributed by atoms with E-state index in [4.69, 9.17) is 10.5 Å². The zero-order chi connectivity index (χ0) is 11.9. The fourth-order valence-corrected chi connectivity index (χ4v) is 2.14. The summed E-state index contributed by atoms with van der Waals surface area (Å²) in [5, 5.41) is 10.2. The molecule has 3 heteroatoms. The maximum atomic E-state index is 10.2. The van der Waals surface area contributed by atoms with Crippen molar-refractivity contribution in [3.8, 4) is 11.5 Å². The lowest BCUT2D eigenvalue weighted by molar-refractivity contribution is 0.366. The Bertz CT molecular complexity index is 409. The van der Waals surface area contributed by atoms with Crippen LogP contribution < -0.4 is 10.5 Å². The molecule has 0 aromatic heterocycles. The molecule has 0 radical (unpaired) electrons. The number of nitrogens with two attached hydrogens (primary N) is 1. The van der Waals surface area contributed by atoms with Gasteiger partial charge in [0.1, 0.15) is 0 Å². The Morgan fingerprint density at radius 2 is 2.00 bits per heavy atom. The van der Waals surface area contributed by atoms with Gasteiger partial charge in [-0.3, -0.25) is 0 Å². The van der Waals surface area contributed by atoms with Crippen molar-refractivity contribution in [2.75, 3.05) is 7.11 Å². The number of hydrogen-bond acceptors (Lipinski definition) is 3. The van der Waals surface area contributed by atoms with E-state index in [-0.39, 0.29) is 11.3 Å². The van der Waals surface area contributed by atoms with Crippen molar-refractivity contribution in [2.45, 2.75) is 38.1 Å². The van der Waals surface area contributed by atoms with Crippen LogP contribution in [0.5, 0.6) is 11.5 Å². The van der Waals surface area contributed by atoms with Crippen LogP contribution in [-0.4, -0.2) is 12.2 Å². The van der Waals surface area contributed by atoms with Crippen molar-refractivity contribution in [1.82, 2.24) is 0 Å². The van der Waals surface area contributed by atoms with Crippen molar-refractivity contribution >= 4 is 0 Å². The Labute approximate surface area is 96.2 Å². The summed E-state index contributed by atoms with van der Waals surface area (Å²) in [7, 11) is 1.56. The molecule has 1 aliphatic carbocycles. The summed E-state index contributed by atoms with van der Waals surface area (Å²) in [6.07, 6.45) is 1.88. The third kappa shape index (κ3) is 1.65. The molecule has 0 atom stereocenters. The van der Waals surface area contributed by atoms with Gasteiger partial charge < -0.3 is 15.6 Å². The van der Waals surface area contributed by atoms with Crippen molar-refractivity contribution in [2.24, 2.45) is 5.73 Å². The van der Waals surface area contributed by atoms with Crippen molar-refractivity contribution in [3.05, 3.63) is 23.3 Å². The first-order chi connectivity index (χ1) is 7.49. The second-order valence-electron chi connectivity index (χ2n) is 4.89. The number of phenols is 1. The maximum Gasteiger partial charge on any atom is 0.163 e. The lowest BCUT2D eigenvalue weighted by Gasteiger charge is -2.21. The Kier molecular flexibility index (Phi) is 2.58. The molecule has 0 amide bonds. The predicted molar refractivity (Wildman–Crippen MR) is 63.8 cm³/mol. The van der Waals surface area contributed by atoms with E-state index >= 15 is 0 Å². The number of ether oxygens (including phenoxy) is 1. The third-order valence-corrected chi connectivity index (χ3v) is 3.30. The Hall–Kier alpha value is -1.22. The van der Waals surface area contributed by atoms with Crippen LogP contribution in [0.4, 0.5) is 0 Å². The Morgan fingerprint density at radius 1 is 1.38 bits per heavy atom. The molecule has 2 rings (SSSR count). The number of rotatable bonds is 3.